The second-order valence-corrected chi connectivity index (χ2v) is 8.28. The van der Waals surface area contributed by atoms with Gasteiger partial charge in [-0.3, -0.25) is 0 Å². The van der Waals surface area contributed by atoms with Gasteiger partial charge in [-0.15, -0.1) is 0 Å². The van der Waals surface area contributed by atoms with Crippen molar-refractivity contribution in [3.8, 4) is 5.75 Å². The Morgan fingerprint density at radius 3 is 2.37 bits per heavy atom. The summed E-state index contributed by atoms with van der Waals surface area (Å²) in [6.07, 6.45) is 8.64. The SMILES string of the molecule is C=C(CCCc1ccc(OC)c(CC)c1)c1ccc(/C=C/C(C)(C)C)cc1. The zero-order valence-corrected chi connectivity index (χ0v) is 17.6. The molecule has 1 nitrogen and oxygen atoms in total. The van der Waals surface area contributed by atoms with Crippen molar-refractivity contribution < 1.29 is 4.74 Å². The van der Waals surface area contributed by atoms with E-state index in [0.29, 0.717) is 0 Å². The van der Waals surface area contributed by atoms with Gasteiger partial charge in [0, 0.05) is 0 Å². The zero-order valence-electron chi connectivity index (χ0n) is 17.6. The van der Waals surface area contributed by atoms with Crippen molar-refractivity contribution in [2.75, 3.05) is 7.11 Å². The highest BCUT2D eigenvalue weighted by Gasteiger charge is 2.05. The van der Waals surface area contributed by atoms with Gasteiger partial charge < -0.3 is 4.74 Å². The normalized spacial score (nSPS) is 11.7. The fourth-order valence-electron chi connectivity index (χ4n) is 3.09. The van der Waals surface area contributed by atoms with Crippen LogP contribution in [0.3, 0.4) is 0 Å². The van der Waals surface area contributed by atoms with Crippen LogP contribution >= 0.6 is 0 Å². The molecule has 0 aliphatic carbocycles. The average molecular weight is 363 g/mol. The van der Waals surface area contributed by atoms with Crippen molar-refractivity contribution in [3.05, 3.63) is 77.4 Å². The van der Waals surface area contributed by atoms with Gasteiger partial charge in [-0.05, 0) is 65.0 Å². The molecular weight excluding hydrogens is 328 g/mol. The number of hydrogen-bond donors (Lipinski definition) is 0. The first-order valence-corrected chi connectivity index (χ1v) is 9.95. The minimum absolute atomic E-state index is 0.210. The van der Waals surface area contributed by atoms with Crippen molar-refractivity contribution >= 4 is 11.6 Å². The van der Waals surface area contributed by atoms with Crippen molar-refractivity contribution in [2.24, 2.45) is 5.41 Å². The molecule has 144 valence electrons. The highest BCUT2D eigenvalue weighted by Crippen LogP contribution is 2.24. The fraction of sp³-hybridized carbons (Fsp3) is 0.385. The van der Waals surface area contributed by atoms with Gasteiger partial charge in [-0.25, -0.2) is 0 Å². The molecule has 0 aliphatic heterocycles. The molecule has 0 N–H and O–H groups in total. The van der Waals surface area contributed by atoms with Gasteiger partial charge >= 0.3 is 0 Å². The van der Waals surface area contributed by atoms with Gasteiger partial charge in [0.15, 0.2) is 0 Å². The van der Waals surface area contributed by atoms with Crippen molar-refractivity contribution in [1.82, 2.24) is 0 Å². The van der Waals surface area contributed by atoms with E-state index in [0.717, 1.165) is 31.4 Å². The summed E-state index contributed by atoms with van der Waals surface area (Å²) < 4.78 is 5.42. The van der Waals surface area contributed by atoms with Gasteiger partial charge in [0.2, 0.25) is 0 Å². The van der Waals surface area contributed by atoms with Crippen molar-refractivity contribution in [2.45, 2.75) is 53.4 Å². The van der Waals surface area contributed by atoms with Crippen molar-refractivity contribution in [1.29, 1.82) is 0 Å². The highest BCUT2D eigenvalue weighted by atomic mass is 16.5. The second-order valence-electron chi connectivity index (χ2n) is 8.28. The number of benzene rings is 2. The molecule has 0 atom stereocenters. The lowest BCUT2D eigenvalue weighted by Gasteiger charge is -2.11. The van der Waals surface area contributed by atoms with Crippen LogP contribution < -0.4 is 4.74 Å². The Bertz CT molecular complexity index is 773. The Morgan fingerprint density at radius 1 is 1.07 bits per heavy atom. The largest absolute Gasteiger partial charge is 0.496 e. The number of allylic oxidation sites excluding steroid dienone is 2. The average Bonchev–Trinajstić information content (AvgIpc) is 2.66. The Balaban J connectivity index is 1.89. The van der Waals surface area contributed by atoms with E-state index >= 15 is 0 Å². The van der Waals surface area contributed by atoms with E-state index in [-0.39, 0.29) is 5.41 Å². The molecule has 1 heteroatoms. The third-order valence-corrected chi connectivity index (χ3v) is 4.76. The number of methoxy groups -OCH3 is 1. The molecular formula is C26H34O. The summed E-state index contributed by atoms with van der Waals surface area (Å²) in [6, 6.07) is 15.3. The minimum Gasteiger partial charge on any atom is -0.496 e. The maximum atomic E-state index is 5.42. The second kappa shape index (κ2) is 9.60. The first-order chi connectivity index (χ1) is 12.8. The Morgan fingerprint density at radius 2 is 1.78 bits per heavy atom. The monoisotopic (exact) mass is 362 g/mol. The molecule has 0 radical (unpaired) electrons. The molecule has 0 heterocycles. The molecule has 0 fully saturated rings. The number of ether oxygens (including phenoxy) is 1. The molecule has 0 aliphatic rings. The summed E-state index contributed by atoms with van der Waals surface area (Å²) in [6.45, 7) is 13.1. The third kappa shape index (κ3) is 6.75. The molecule has 0 saturated heterocycles. The zero-order chi connectivity index (χ0) is 19.9. The number of rotatable bonds is 8. The first-order valence-electron chi connectivity index (χ1n) is 9.95. The highest BCUT2D eigenvalue weighted by molar-refractivity contribution is 5.65. The van der Waals surface area contributed by atoms with Gasteiger partial charge in [0.25, 0.3) is 0 Å². The smallest absolute Gasteiger partial charge is 0.122 e. The lowest BCUT2D eigenvalue weighted by atomic mass is 9.94. The Hall–Kier alpha value is -2.28. The van der Waals surface area contributed by atoms with Crippen LogP contribution in [0.15, 0.2) is 55.1 Å². The van der Waals surface area contributed by atoms with Crippen LogP contribution in [-0.4, -0.2) is 7.11 Å². The number of aryl methyl sites for hydroxylation is 2. The van der Waals surface area contributed by atoms with Gasteiger partial charge in [0.1, 0.15) is 5.75 Å². The Kier molecular flexibility index (Phi) is 7.47. The molecule has 0 spiro atoms. The molecule has 2 aromatic rings. The summed E-state index contributed by atoms with van der Waals surface area (Å²) >= 11 is 0. The quantitative estimate of drug-likeness (QED) is 0.477. The summed E-state index contributed by atoms with van der Waals surface area (Å²) in [5.74, 6) is 0.992. The molecule has 0 unspecified atom stereocenters. The molecule has 0 aromatic heterocycles. The topological polar surface area (TPSA) is 9.23 Å². The minimum atomic E-state index is 0.210. The van der Waals surface area contributed by atoms with Crippen LogP contribution in [0.1, 0.15) is 62.8 Å². The van der Waals surface area contributed by atoms with E-state index in [1.807, 2.05) is 0 Å². The molecule has 2 aromatic carbocycles. The Labute approximate surface area is 165 Å². The van der Waals surface area contributed by atoms with Crippen LogP contribution in [0, 0.1) is 5.41 Å². The first kappa shape index (κ1) is 21.0. The van der Waals surface area contributed by atoms with Crippen molar-refractivity contribution in [3.63, 3.8) is 0 Å². The summed E-state index contributed by atoms with van der Waals surface area (Å²) in [4.78, 5) is 0. The predicted molar refractivity (Wildman–Crippen MR) is 119 cm³/mol. The lowest BCUT2D eigenvalue weighted by molar-refractivity contribution is 0.410. The van der Waals surface area contributed by atoms with Crippen LogP contribution in [0.2, 0.25) is 0 Å². The maximum Gasteiger partial charge on any atom is 0.122 e. The maximum absolute atomic E-state index is 5.42. The molecule has 0 saturated carbocycles. The van der Waals surface area contributed by atoms with E-state index in [1.165, 1.54) is 27.8 Å². The fourth-order valence-corrected chi connectivity index (χ4v) is 3.09. The van der Waals surface area contributed by atoms with E-state index in [9.17, 15) is 0 Å². The van der Waals surface area contributed by atoms with Gasteiger partial charge in [-0.1, -0.05) is 82.8 Å². The summed E-state index contributed by atoms with van der Waals surface area (Å²) in [7, 11) is 1.74. The lowest BCUT2D eigenvalue weighted by Crippen LogP contribution is -1.97. The predicted octanol–water partition coefficient (Wildman–Crippen LogP) is 7.35. The summed E-state index contributed by atoms with van der Waals surface area (Å²) in [5.41, 5.74) is 6.57. The van der Waals surface area contributed by atoms with E-state index in [1.54, 1.807) is 7.11 Å². The van der Waals surface area contributed by atoms with Gasteiger partial charge in [-0.2, -0.15) is 0 Å². The molecule has 2 rings (SSSR count). The van der Waals surface area contributed by atoms with Crippen LogP contribution in [0.4, 0.5) is 0 Å². The molecule has 27 heavy (non-hydrogen) atoms. The standard InChI is InChI=1S/C26H34O/c1-7-23-19-22(13-16-25(23)27-6)10-8-9-20(2)24-14-11-21(12-15-24)17-18-26(3,4)5/h11-19H,2,7-10H2,1,3-6H3/b18-17+. The third-order valence-electron chi connectivity index (χ3n) is 4.76. The number of hydrogen-bond acceptors (Lipinski definition) is 1. The molecule has 0 bridgehead atoms. The van der Waals surface area contributed by atoms with Gasteiger partial charge in [0.05, 0.1) is 7.11 Å². The van der Waals surface area contributed by atoms with E-state index < -0.39 is 0 Å². The van der Waals surface area contributed by atoms with Crippen LogP contribution in [-0.2, 0) is 12.8 Å². The van der Waals surface area contributed by atoms with E-state index in [2.05, 4.69) is 88.9 Å². The molecule has 0 amide bonds. The van der Waals surface area contributed by atoms with Crippen LogP contribution in [0.5, 0.6) is 5.75 Å². The van der Waals surface area contributed by atoms with E-state index in [4.69, 9.17) is 4.74 Å². The van der Waals surface area contributed by atoms with Crippen LogP contribution in [0.25, 0.3) is 11.6 Å². The summed E-state index contributed by atoms with van der Waals surface area (Å²) in [5, 5.41) is 0.